The van der Waals surface area contributed by atoms with Gasteiger partial charge in [0.25, 0.3) is 0 Å². The summed E-state index contributed by atoms with van der Waals surface area (Å²) in [6, 6.07) is 0.0665. The van der Waals surface area contributed by atoms with Gasteiger partial charge in [0.15, 0.2) is 0 Å². The number of nitrogens with one attached hydrogen (secondary N) is 1. The van der Waals surface area contributed by atoms with Gasteiger partial charge in [-0.1, -0.05) is 33.6 Å². The summed E-state index contributed by atoms with van der Waals surface area (Å²) in [6.07, 6.45) is 6.65. The van der Waals surface area contributed by atoms with Crippen LogP contribution in [0.4, 0.5) is 0 Å². The van der Waals surface area contributed by atoms with Gasteiger partial charge in [0.05, 0.1) is 5.92 Å². The van der Waals surface area contributed by atoms with E-state index in [9.17, 15) is 4.79 Å². The lowest BCUT2D eigenvalue weighted by molar-refractivity contribution is -0.126. The zero-order valence-corrected chi connectivity index (χ0v) is 12.2. The maximum Gasteiger partial charge on any atom is 0.224 e. The van der Waals surface area contributed by atoms with Gasteiger partial charge in [-0.05, 0) is 37.5 Å². The maximum atomic E-state index is 12.1. The number of hydrogen-bond acceptors (Lipinski definition) is 2. The second-order valence-corrected chi connectivity index (χ2v) is 6.37. The summed E-state index contributed by atoms with van der Waals surface area (Å²) in [5.41, 5.74) is 6.05. The zero-order chi connectivity index (χ0) is 13.5. The molecule has 1 fully saturated rings. The Balaban J connectivity index is 2.19. The highest BCUT2D eigenvalue weighted by Crippen LogP contribution is 2.27. The van der Waals surface area contributed by atoms with Gasteiger partial charge in [0.2, 0.25) is 5.91 Å². The highest BCUT2D eigenvalue weighted by atomic mass is 16.1. The Labute approximate surface area is 112 Å². The standard InChI is InChI=1S/C15H30N2O/c1-11(2)6-4-5-9-17-15(18)13-10-12(3)7-8-14(13)16/h11-14H,4-10,16H2,1-3H3,(H,17,18). The Morgan fingerprint density at radius 3 is 2.72 bits per heavy atom. The van der Waals surface area contributed by atoms with Gasteiger partial charge < -0.3 is 11.1 Å². The topological polar surface area (TPSA) is 55.1 Å². The van der Waals surface area contributed by atoms with Crippen molar-refractivity contribution in [2.75, 3.05) is 6.54 Å². The van der Waals surface area contributed by atoms with Crippen molar-refractivity contribution in [3.63, 3.8) is 0 Å². The van der Waals surface area contributed by atoms with E-state index < -0.39 is 0 Å². The van der Waals surface area contributed by atoms with Gasteiger partial charge in [-0.25, -0.2) is 0 Å². The number of amides is 1. The molecule has 106 valence electrons. The largest absolute Gasteiger partial charge is 0.356 e. The first-order chi connectivity index (χ1) is 8.50. The highest BCUT2D eigenvalue weighted by Gasteiger charge is 2.31. The molecule has 3 N–H and O–H groups in total. The van der Waals surface area contributed by atoms with Crippen LogP contribution in [-0.4, -0.2) is 18.5 Å². The second-order valence-electron chi connectivity index (χ2n) is 6.37. The van der Waals surface area contributed by atoms with E-state index in [0.29, 0.717) is 5.92 Å². The van der Waals surface area contributed by atoms with Crippen LogP contribution in [0, 0.1) is 17.8 Å². The molecule has 0 aromatic rings. The van der Waals surface area contributed by atoms with Crippen molar-refractivity contribution in [3.8, 4) is 0 Å². The first kappa shape index (κ1) is 15.5. The lowest BCUT2D eigenvalue weighted by Crippen LogP contribution is -2.45. The van der Waals surface area contributed by atoms with Crippen molar-refractivity contribution in [3.05, 3.63) is 0 Å². The normalized spacial score (nSPS) is 28.4. The molecular weight excluding hydrogens is 224 g/mol. The van der Waals surface area contributed by atoms with E-state index in [1.54, 1.807) is 0 Å². The van der Waals surface area contributed by atoms with Crippen LogP contribution < -0.4 is 11.1 Å². The molecule has 0 aliphatic heterocycles. The number of hydrogen-bond donors (Lipinski definition) is 2. The predicted molar refractivity (Wildman–Crippen MR) is 76.2 cm³/mol. The van der Waals surface area contributed by atoms with E-state index >= 15 is 0 Å². The summed E-state index contributed by atoms with van der Waals surface area (Å²) < 4.78 is 0. The summed E-state index contributed by atoms with van der Waals surface area (Å²) >= 11 is 0. The fraction of sp³-hybridized carbons (Fsp3) is 0.933. The number of carbonyl (C=O) groups is 1. The fourth-order valence-corrected chi connectivity index (χ4v) is 2.73. The van der Waals surface area contributed by atoms with Crippen LogP contribution >= 0.6 is 0 Å². The Hall–Kier alpha value is -0.570. The SMILES string of the molecule is CC(C)CCCCNC(=O)C1CC(C)CCC1N. The molecule has 0 radical (unpaired) electrons. The maximum absolute atomic E-state index is 12.1. The summed E-state index contributed by atoms with van der Waals surface area (Å²) in [5, 5.41) is 3.06. The molecule has 3 unspecified atom stereocenters. The molecule has 1 amide bonds. The molecule has 3 nitrogen and oxygen atoms in total. The van der Waals surface area contributed by atoms with Crippen molar-refractivity contribution in [2.45, 2.75) is 65.3 Å². The molecule has 1 rings (SSSR count). The molecule has 0 spiro atoms. The molecule has 1 aliphatic rings. The van der Waals surface area contributed by atoms with Crippen molar-refractivity contribution in [2.24, 2.45) is 23.5 Å². The van der Waals surface area contributed by atoms with Gasteiger partial charge in [-0.2, -0.15) is 0 Å². The quantitative estimate of drug-likeness (QED) is 0.716. The van der Waals surface area contributed by atoms with Gasteiger partial charge >= 0.3 is 0 Å². The van der Waals surface area contributed by atoms with Gasteiger partial charge in [0, 0.05) is 12.6 Å². The highest BCUT2D eigenvalue weighted by molar-refractivity contribution is 5.79. The molecule has 3 heteroatoms. The smallest absolute Gasteiger partial charge is 0.224 e. The Morgan fingerprint density at radius 1 is 1.33 bits per heavy atom. The average molecular weight is 254 g/mol. The molecule has 0 aromatic heterocycles. The summed E-state index contributed by atoms with van der Waals surface area (Å²) in [6.45, 7) is 7.50. The fourth-order valence-electron chi connectivity index (χ4n) is 2.73. The lowest BCUT2D eigenvalue weighted by atomic mass is 9.79. The minimum atomic E-state index is 0.0406. The molecule has 1 saturated carbocycles. The lowest BCUT2D eigenvalue weighted by Gasteiger charge is -2.31. The van der Waals surface area contributed by atoms with Crippen LogP contribution in [-0.2, 0) is 4.79 Å². The van der Waals surface area contributed by atoms with Gasteiger partial charge in [-0.15, -0.1) is 0 Å². The van der Waals surface area contributed by atoms with Crippen molar-refractivity contribution in [1.29, 1.82) is 0 Å². The Morgan fingerprint density at radius 2 is 2.06 bits per heavy atom. The van der Waals surface area contributed by atoms with Crippen LogP contribution in [0.5, 0.6) is 0 Å². The van der Waals surface area contributed by atoms with E-state index in [1.807, 2.05) is 0 Å². The zero-order valence-electron chi connectivity index (χ0n) is 12.2. The van der Waals surface area contributed by atoms with Crippen LogP contribution in [0.1, 0.15) is 59.3 Å². The summed E-state index contributed by atoms with van der Waals surface area (Å²) in [7, 11) is 0. The van der Waals surface area contributed by atoms with E-state index in [1.165, 1.54) is 19.3 Å². The van der Waals surface area contributed by atoms with E-state index in [0.717, 1.165) is 31.7 Å². The van der Waals surface area contributed by atoms with Crippen LogP contribution in [0.3, 0.4) is 0 Å². The van der Waals surface area contributed by atoms with Gasteiger partial charge in [0.1, 0.15) is 0 Å². The van der Waals surface area contributed by atoms with Crippen molar-refractivity contribution >= 4 is 5.91 Å². The van der Waals surface area contributed by atoms with Gasteiger partial charge in [-0.3, -0.25) is 4.79 Å². The van der Waals surface area contributed by atoms with E-state index in [2.05, 4.69) is 26.1 Å². The van der Waals surface area contributed by atoms with Crippen LogP contribution in [0.25, 0.3) is 0 Å². The number of unbranched alkanes of at least 4 members (excludes halogenated alkanes) is 1. The first-order valence-electron chi connectivity index (χ1n) is 7.54. The third kappa shape index (κ3) is 5.38. The molecule has 3 atom stereocenters. The molecule has 0 bridgehead atoms. The number of rotatable bonds is 6. The molecular formula is C15H30N2O. The van der Waals surface area contributed by atoms with E-state index in [-0.39, 0.29) is 17.9 Å². The molecule has 1 aliphatic carbocycles. The Bertz CT molecular complexity index is 253. The molecule has 18 heavy (non-hydrogen) atoms. The number of carbonyl (C=O) groups excluding carboxylic acids is 1. The third-order valence-electron chi connectivity index (χ3n) is 4.01. The second kappa shape index (κ2) is 7.78. The molecule has 0 saturated heterocycles. The Kier molecular flexibility index (Phi) is 6.69. The van der Waals surface area contributed by atoms with E-state index in [4.69, 9.17) is 5.73 Å². The number of nitrogens with two attached hydrogens (primary N) is 1. The average Bonchev–Trinajstić information content (AvgIpc) is 2.31. The minimum absolute atomic E-state index is 0.0406. The molecule has 0 aromatic carbocycles. The minimum Gasteiger partial charge on any atom is -0.356 e. The predicted octanol–water partition coefficient (Wildman–Crippen LogP) is 2.69. The van der Waals surface area contributed by atoms with Crippen molar-refractivity contribution in [1.82, 2.24) is 5.32 Å². The van der Waals surface area contributed by atoms with Crippen LogP contribution in [0.2, 0.25) is 0 Å². The van der Waals surface area contributed by atoms with Crippen molar-refractivity contribution < 1.29 is 4.79 Å². The first-order valence-corrected chi connectivity index (χ1v) is 7.54. The third-order valence-corrected chi connectivity index (χ3v) is 4.01. The monoisotopic (exact) mass is 254 g/mol. The summed E-state index contributed by atoms with van der Waals surface area (Å²) in [5.74, 6) is 1.62. The van der Waals surface area contributed by atoms with Crippen LogP contribution in [0.15, 0.2) is 0 Å². The summed E-state index contributed by atoms with van der Waals surface area (Å²) in [4.78, 5) is 12.1. The molecule has 0 heterocycles.